The molecule has 2 atom stereocenters. The first-order chi connectivity index (χ1) is 26.3. The molecule has 0 aliphatic heterocycles. The van der Waals surface area contributed by atoms with Crippen LogP contribution in [0.15, 0.2) is 83.9 Å². The van der Waals surface area contributed by atoms with Crippen LogP contribution < -0.4 is 20.9 Å². The summed E-state index contributed by atoms with van der Waals surface area (Å²) in [5, 5.41) is 0. The van der Waals surface area contributed by atoms with Gasteiger partial charge in [-0.25, -0.2) is 39.5 Å². The number of anilines is 2. The van der Waals surface area contributed by atoms with Crippen LogP contribution in [0.4, 0.5) is 81.6 Å². The molecule has 0 fully saturated rings. The minimum absolute atomic E-state index is 0.525. The van der Waals surface area contributed by atoms with Crippen molar-refractivity contribution in [2.24, 2.45) is 0 Å². The summed E-state index contributed by atoms with van der Waals surface area (Å²) in [7, 11) is 0. The molecule has 0 saturated heterocycles. The van der Waals surface area contributed by atoms with Crippen molar-refractivity contribution in [2.45, 2.75) is 11.1 Å². The average molecular weight is 810 g/mol. The maximum absolute atomic E-state index is 18.4. The zero-order chi connectivity index (χ0) is 41.3. The fraction of sp³-hybridized carbons (Fsp3) is 0.0556. The second kappa shape index (κ2) is 13.7. The SMILES string of the molecule is Nc1c(F)c(F)c(OC2=C(F)C(F)(c3ccccc3)C(c3ccccc3)(c3c(F)c(F)c(Oc4c(F)c(F)c(N)c(F)c4F)c(F)c3F)C(F)=C2F)c(F)c1F. The Morgan fingerprint density at radius 1 is 0.393 bits per heavy atom. The van der Waals surface area contributed by atoms with Crippen molar-refractivity contribution >= 4 is 11.4 Å². The number of alkyl halides is 1. The molecule has 5 aromatic rings. The molecule has 0 bridgehead atoms. The highest BCUT2D eigenvalue weighted by atomic mass is 19.2. The van der Waals surface area contributed by atoms with Gasteiger partial charge in [-0.1, -0.05) is 60.7 Å². The van der Waals surface area contributed by atoms with Gasteiger partial charge in [0.1, 0.15) is 16.8 Å². The first-order valence-electron chi connectivity index (χ1n) is 15.0. The molecule has 2 unspecified atom stereocenters. The molecule has 4 nitrogen and oxygen atoms in total. The van der Waals surface area contributed by atoms with Gasteiger partial charge in [-0.3, -0.25) is 0 Å². The van der Waals surface area contributed by atoms with E-state index in [0.29, 0.717) is 24.3 Å². The highest BCUT2D eigenvalue weighted by Crippen LogP contribution is 2.64. The van der Waals surface area contributed by atoms with Gasteiger partial charge in [0.25, 0.3) is 0 Å². The molecular weight excluding hydrogens is 796 g/mol. The van der Waals surface area contributed by atoms with Gasteiger partial charge in [-0.05, 0) is 11.1 Å². The van der Waals surface area contributed by atoms with E-state index in [-0.39, 0.29) is 0 Å². The van der Waals surface area contributed by atoms with Gasteiger partial charge < -0.3 is 20.9 Å². The number of hydrogen-bond acceptors (Lipinski definition) is 4. The lowest BCUT2D eigenvalue weighted by Crippen LogP contribution is -2.52. The Balaban J connectivity index is 1.74. The first-order valence-corrected chi connectivity index (χ1v) is 15.0. The Morgan fingerprint density at radius 2 is 0.732 bits per heavy atom. The van der Waals surface area contributed by atoms with E-state index in [2.05, 4.69) is 9.47 Å². The van der Waals surface area contributed by atoms with Gasteiger partial charge in [-0.2, -0.15) is 30.7 Å². The summed E-state index contributed by atoms with van der Waals surface area (Å²) in [6.45, 7) is 0. The third kappa shape index (κ3) is 5.24. The molecule has 0 aromatic heterocycles. The van der Waals surface area contributed by atoms with Crippen LogP contribution in [-0.2, 0) is 11.1 Å². The van der Waals surface area contributed by atoms with Crippen molar-refractivity contribution in [3.8, 4) is 17.2 Å². The third-order valence-electron chi connectivity index (χ3n) is 8.64. The maximum atomic E-state index is 18.4. The van der Waals surface area contributed by atoms with E-state index in [1.54, 1.807) is 0 Å². The Hall–Kier alpha value is -6.34. The summed E-state index contributed by atoms with van der Waals surface area (Å²) in [4.78, 5) is 0. The van der Waals surface area contributed by atoms with E-state index in [1.807, 2.05) is 0 Å². The van der Waals surface area contributed by atoms with Crippen LogP contribution in [0.25, 0.3) is 0 Å². The molecule has 0 saturated carbocycles. The van der Waals surface area contributed by atoms with E-state index >= 15 is 35.1 Å². The van der Waals surface area contributed by atoms with Gasteiger partial charge >= 0.3 is 0 Å². The van der Waals surface area contributed by atoms with E-state index in [0.717, 1.165) is 36.4 Å². The minimum atomic E-state index is -4.84. The molecule has 1 aliphatic rings. The van der Waals surface area contributed by atoms with Gasteiger partial charge in [0.2, 0.25) is 69.4 Å². The second-order valence-corrected chi connectivity index (χ2v) is 11.6. The molecule has 0 spiro atoms. The first kappa shape index (κ1) is 39.4. The summed E-state index contributed by atoms with van der Waals surface area (Å²) < 4.78 is 257. The second-order valence-electron chi connectivity index (χ2n) is 11.6. The number of nitrogen functional groups attached to an aromatic ring is 2. The fourth-order valence-electron chi connectivity index (χ4n) is 6.04. The zero-order valence-corrected chi connectivity index (χ0v) is 26.8. The lowest BCUT2D eigenvalue weighted by Gasteiger charge is -2.47. The Bertz CT molecular complexity index is 2440. The zero-order valence-electron chi connectivity index (χ0n) is 26.8. The lowest BCUT2D eigenvalue weighted by atomic mass is 9.58. The fourth-order valence-corrected chi connectivity index (χ4v) is 6.04. The van der Waals surface area contributed by atoms with Crippen LogP contribution in [0, 0.1) is 69.8 Å². The van der Waals surface area contributed by atoms with Crippen LogP contribution >= 0.6 is 0 Å². The van der Waals surface area contributed by atoms with Crippen LogP contribution in [0.1, 0.15) is 16.7 Å². The van der Waals surface area contributed by atoms with E-state index < -0.39 is 149 Å². The van der Waals surface area contributed by atoms with Gasteiger partial charge in [0, 0.05) is 0 Å². The molecule has 5 aromatic carbocycles. The van der Waals surface area contributed by atoms with E-state index in [9.17, 15) is 35.1 Å². The molecular formula is C36H14F16N2O2. The number of nitrogens with two attached hydrogens (primary N) is 2. The smallest absolute Gasteiger partial charge is 0.211 e. The van der Waals surface area contributed by atoms with Crippen LogP contribution in [-0.4, -0.2) is 0 Å². The molecule has 0 radical (unpaired) electrons. The summed E-state index contributed by atoms with van der Waals surface area (Å²) in [5.41, 5.74) is -8.51. The highest BCUT2D eigenvalue weighted by Gasteiger charge is 2.69. The number of benzene rings is 5. The van der Waals surface area contributed by atoms with Crippen LogP contribution in [0.2, 0.25) is 0 Å². The van der Waals surface area contributed by atoms with E-state index in [4.69, 9.17) is 11.5 Å². The molecule has 4 N–H and O–H groups in total. The molecule has 20 heteroatoms. The van der Waals surface area contributed by atoms with Crippen molar-refractivity contribution in [2.75, 3.05) is 11.5 Å². The minimum Gasteiger partial charge on any atom is -0.445 e. The molecule has 1 aliphatic carbocycles. The summed E-state index contributed by atoms with van der Waals surface area (Å²) in [6.07, 6.45) is 0. The quantitative estimate of drug-likeness (QED) is 0.0976. The van der Waals surface area contributed by atoms with E-state index in [1.165, 1.54) is 0 Å². The van der Waals surface area contributed by atoms with Crippen molar-refractivity contribution in [3.05, 3.63) is 170 Å². The standard InChI is InChI=1S/C36H14F16N2O2/c37-14-13(15(38)21(44)29(20(14)43)55-30-22(45)16(39)27(53)17(40)23(30)46)35(11-7-3-1-4-8-11)33(50)26(49)32(34(51)36(35,52)12-9-5-2-6-10-12)56-31-24(47)18(41)28(54)19(42)25(31)48/h1-10H,53-54H2. The highest BCUT2D eigenvalue weighted by molar-refractivity contribution is 5.64. The van der Waals surface area contributed by atoms with Crippen molar-refractivity contribution < 1.29 is 79.7 Å². The average Bonchev–Trinajstić information content (AvgIpc) is 3.20. The van der Waals surface area contributed by atoms with Gasteiger partial charge in [0.15, 0.2) is 46.6 Å². The number of halogens is 16. The Morgan fingerprint density at radius 3 is 1.12 bits per heavy atom. The largest absolute Gasteiger partial charge is 0.445 e. The predicted octanol–water partition coefficient (Wildman–Crippen LogP) is 10.9. The summed E-state index contributed by atoms with van der Waals surface area (Å²) >= 11 is 0. The third-order valence-corrected chi connectivity index (χ3v) is 8.64. The monoisotopic (exact) mass is 810 g/mol. The van der Waals surface area contributed by atoms with Crippen molar-refractivity contribution in [3.63, 3.8) is 0 Å². The van der Waals surface area contributed by atoms with Crippen LogP contribution in [0.3, 0.4) is 0 Å². The van der Waals surface area contributed by atoms with Crippen molar-refractivity contribution in [1.29, 1.82) is 0 Å². The molecule has 6 rings (SSSR count). The molecule has 292 valence electrons. The van der Waals surface area contributed by atoms with Crippen molar-refractivity contribution in [1.82, 2.24) is 0 Å². The topological polar surface area (TPSA) is 70.5 Å². The molecule has 56 heavy (non-hydrogen) atoms. The lowest BCUT2D eigenvalue weighted by molar-refractivity contribution is 0.0660. The van der Waals surface area contributed by atoms with Gasteiger partial charge in [0.05, 0.1) is 5.56 Å². The molecule has 0 amide bonds. The maximum Gasteiger partial charge on any atom is 0.211 e. The molecule has 0 heterocycles. The number of allylic oxidation sites excluding steroid dienone is 3. The predicted molar refractivity (Wildman–Crippen MR) is 162 cm³/mol. The number of rotatable bonds is 7. The summed E-state index contributed by atoms with van der Waals surface area (Å²) in [6, 6.07) is 7.65. The van der Waals surface area contributed by atoms with Gasteiger partial charge in [-0.15, -0.1) is 0 Å². The summed E-state index contributed by atoms with van der Waals surface area (Å²) in [5.74, 6) is -51.0. The Kier molecular flexibility index (Phi) is 9.66. The number of hydrogen-bond donors (Lipinski definition) is 2. The normalized spacial score (nSPS) is 18.5. The van der Waals surface area contributed by atoms with Crippen LogP contribution in [0.5, 0.6) is 17.2 Å². The number of ether oxygens (including phenoxy) is 2. The Labute approximate surface area is 301 Å².